The molecule has 0 bridgehead atoms. The average molecular weight is 513 g/mol. The van der Waals surface area contributed by atoms with E-state index in [-0.39, 0.29) is 5.71 Å². The van der Waals surface area contributed by atoms with Crippen LogP contribution in [0.2, 0.25) is 0 Å². The van der Waals surface area contributed by atoms with Crippen molar-refractivity contribution in [1.29, 1.82) is 0 Å². The third-order valence-electron chi connectivity index (χ3n) is 5.70. The maximum absolute atomic E-state index is 14.5. The first-order valence-corrected chi connectivity index (χ1v) is 11.0. The van der Waals surface area contributed by atoms with E-state index in [2.05, 4.69) is 21.0 Å². The summed E-state index contributed by atoms with van der Waals surface area (Å²) >= 11 is 3.32. The number of halogens is 4. The minimum Gasteiger partial charge on any atom is -0.271 e. The lowest BCUT2D eigenvalue weighted by atomic mass is 9.70. The van der Waals surface area contributed by atoms with E-state index in [9.17, 15) is 18.0 Å². The van der Waals surface area contributed by atoms with Gasteiger partial charge in [-0.2, -0.15) is 23.3 Å². The smallest absolute Gasteiger partial charge is 0.271 e. The highest BCUT2D eigenvalue weighted by Crippen LogP contribution is 2.48. The van der Waals surface area contributed by atoms with Crippen LogP contribution in [0.25, 0.3) is 6.08 Å². The lowest BCUT2D eigenvalue weighted by molar-refractivity contribution is -0.182. The maximum Gasteiger partial charge on any atom is 0.396 e. The average Bonchev–Trinajstić information content (AvgIpc) is 3.07. The van der Waals surface area contributed by atoms with E-state index in [0.717, 1.165) is 15.6 Å². The van der Waals surface area contributed by atoms with Crippen LogP contribution in [0, 0.1) is 11.3 Å². The van der Waals surface area contributed by atoms with E-state index >= 15 is 0 Å². The molecule has 3 aromatic carbocycles. The fourth-order valence-corrected chi connectivity index (χ4v) is 4.22. The molecule has 0 aliphatic carbocycles. The first-order chi connectivity index (χ1) is 15.7. The van der Waals surface area contributed by atoms with Crippen LogP contribution in [-0.4, -0.2) is 17.8 Å². The zero-order valence-corrected chi connectivity index (χ0v) is 19.2. The van der Waals surface area contributed by atoms with Crippen molar-refractivity contribution in [2.45, 2.75) is 13.1 Å². The van der Waals surface area contributed by atoms with Gasteiger partial charge in [-0.25, -0.2) is 0 Å². The van der Waals surface area contributed by atoms with Crippen LogP contribution in [0.5, 0.6) is 0 Å². The number of carbonyl (C=O) groups excluding carboxylic acids is 1. The maximum atomic E-state index is 14.5. The van der Waals surface area contributed by atoms with Gasteiger partial charge in [0.15, 0.2) is 0 Å². The molecule has 1 amide bonds. The molecule has 0 saturated heterocycles. The van der Waals surface area contributed by atoms with Crippen molar-refractivity contribution in [2.24, 2.45) is 16.4 Å². The lowest BCUT2D eigenvalue weighted by Crippen LogP contribution is -2.48. The Morgan fingerprint density at radius 2 is 1.52 bits per heavy atom. The molecule has 168 valence electrons. The van der Waals surface area contributed by atoms with Gasteiger partial charge in [-0.15, -0.1) is 0 Å². The van der Waals surface area contributed by atoms with Crippen molar-refractivity contribution < 1.29 is 18.0 Å². The third-order valence-corrected chi connectivity index (χ3v) is 6.23. The van der Waals surface area contributed by atoms with E-state index in [1.165, 1.54) is 13.0 Å². The van der Waals surface area contributed by atoms with Crippen molar-refractivity contribution in [1.82, 2.24) is 0 Å². The summed E-state index contributed by atoms with van der Waals surface area (Å²) < 4.78 is 44.3. The van der Waals surface area contributed by atoms with Gasteiger partial charge < -0.3 is 0 Å². The molecule has 2 atom stereocenters. The number of rotatable bonds is 5. The quantitative estimate of drug-likeness (QED) is 0.358. The summed E-state index contributed by atoms with van der Waals surface area (Å²) in [7, 11) is 0. The minimum atomic E-state index is -4.68. The highest BCUT2D eigenvalue weighted by Gasteiger charge is 2.60. The fourth-order valence-electron chi connectivity index (χ4n) is 3.96. The topological polar surface area (TPSA) is 32.7 Å². The van der Waals surface area contributed by atoms with Crippen molar-refractivity contribution in [3.05, 3.63) is 107 Å². The Morgan fingerprint density at radius 1 is 0.939 bits per heavy atom. The van der Waals surface area contributed by atoms with Crippen LogP contribution < -0.4 is 5.01 Å². The van der Waals surface area contributed by atoms with E-state index in [4.69, 9.17) is 0 Å². The normalized spacial score (nSPS) is 19.7. The van der Waals surface area contributed by atoms with Gasteiger partial charge in [0, 0.05) is 4.47 Å². The number of nitrogens with zero attached hydrogens (tertiary/aromatic N) is 2. The molecule has 0 radical (unpaired) electrons. The molecular weight excluding hydrogens is 493 g/mol. The number of hydrazone groups is 1. The summed E-state index contributed by atoms with van der Waals surface area (Å²) in [6.45, 7) is 1.33. The Balaban J connectivity index is 1.85. The van der Waals surface area contributed by atoms with Crippen LogP contribution in [-0.2, 0) is 4.79 Å². The molecule has 4 rings (SSSR count). The molecule has 1 aliphatic heterocycles. The van der Waals surface area contributed by atoms with Crippen LogP contribution in [0.4, 0.5) is 18.9 Å². The first kappa shape index (κ1) is 23.0. The van der Waals surface area contributed by atoms with Crippen LogP contribution in [0.3, 0.4) is 0 Å². The van der Waals surface area contributed by atoms with E-state index in [1.54, 1.807) is 84.9 Å². The van der Waals surface area contributed by atoms with Gasteiger partial charge in [0.05, 0.1) is 17.3 Å². The van der Waals surface area contributed by atoms with Gasteiger partial charge in [-0.3, -0.25) is 4.79 Å². The van der Waals surface area contributed by atoms with E-state index in [0.29, 0.717) is 16.8 Å². The molecule has 1 heterocycles. The second-order valence-corrected chi connectivity index (χ2v) is 8.82. The van der Waals surface area contributed by atoms with Gasteiger partial charge in [0.25, 0.3) is 5.91 Å². The van der Waals surface area contributed by atoms with Crippen LogP contribution in [0.15, 0.2) is 101 Å². The molecule has 0 saturated carbocycles. The van der Waals surface area contributed by atoms with Crippen molar-refractivity contribution >= 4 is 39.3 Å². The summed E-state index contributed by atoms with van der Waals surface area (Å²) in [4.78, 5) is 13.6. The molecule has 0 unspecified atom stereocenters. The number of hydrogen-bond acceptors (Lipinski definition) is 2. The summed E-state index contributed by atoms with van der Waals surface area (Å²) in [5.41, 5.74) is -0.392. The van der Waals surface area contributed by atoms with Crippen molar-refractivity contribution in [3.8, 4) is 0 Å². The number of anilines is 1. The monoisotopic (exact) mass is 512 g/mol. The molecule has 7 heteroatoms. The van der Waals surface area contributed by atoms with Gasteiger partial charge >= 0.3 is 6.18 Å². The Labute approximate surface area is 198 Å². The van der Waals surface area contributed by atoms with Crippen molar-refractivity contribution in [3.63, 3.8) is 0 Å². The molecule has 0 aromatic heterocycles. The standard InChI is InChI=1S/C26H20BrF3N2O/c1-25(22(26(28,29)30)17-14-18-12-15-20(27)16-13-18)23(19-8-4-2-5-9-19)31-32(24(25)33)21-10-6-3-7-11-21/h2-17,22H,1H3/b17-14+/t22-,25-/m0/s1. The van der Waals surface area contributed by atoms with Gasteiger partial charge in [-0.1, -0.05) is 88.7 Å². The van der Waals surface area contributed by atoms with Crippen molar-refractivity contribution in [2.75, 3.05) is 5.01 Å². The number of alkyl halides is 3. The molecule has 1 aliphatic rings. The second-order valence-electron chi connectivity index (χ2n) is 7.90. The number of amides is 1. The number of hydrogen-bond donors (Lipinski definition) is 0. The molecule has 0 spiro atoms. The zero-order chi connectivity index (χ0) is 23.6. The molecule has 3 aromatic rings. The van der Waals surface area contributed by atoms with Gasteiger partial charge in [-0.05, 0) is 42.3 Å². The Hall–Kier alpha value is -3.19. The summed E-state index contributed by atoms with van der Waals surface area (Å²) in [6.07, 6.45) is -2.22. The number of carbonyl (C=O) groups is 1. The number of benzene rings is 3. The highest BCUT2D eigenvalue weighted by atomic mass is 79.9. The third kappa shape index (κ3) is 4.50. The zero-order valence-electron chi connectivity index (χ0n) is 17.6. The van der Waals surface area contributed by atoms with E-state index in [1.807, 2.05) is 0 Å². The van der Waals surface area contributed by atoms with Gasteiger partial charge in [0.1, 0.15) is 5.41 Å². The number of allylic oxidation sites excluding steroid dienone is 1. The fraction of sp³-hybridized carbons (Fsp3) is 0.154. The largest absolute Gasteiger partial charge is 0.396 e. The summed E-state index contributed by atoms with van der Waals surface area (Å²) in [5, 5.41) is 5.50. The molecular formula is C26H20BrF3N2O. The Bertz CT molecular complexity index is 1190. The summed E-state index contributed by atoms with van der Waals surface area (Å²) in [6, 6.07) is 23.9. The molecule has 33 heavy (non-hydrogen) atoms. The number of para-hydroxylation sites is 1. The van der Waals surface area contributed by atoms with Crippen LogP contribution >= 0.6 is 15.9 Å². The van der Waals surface area contributed by atoms with Gasteiger partial charge in [0.2, 0.25) is 0 Å². The first-order valence-electron chi connectivity index (χ1n) is 10.3. The minimum absolute atomic E-state index is 0.0831. The predicted octanol–water partition coefficient (Wildman–Crippen LogP) is 7.10. The second kappa shape index (κ2) is 8.98. The lowest BCUT2D eigenvalue weighted by Gasteiger charge is -2.33. The van der Waals surface area contributed by atoms with Crippen LogP contribution in [0.1, 0.15) is 18.1 Å². The molecule has 3 nitrogen and oxygen atoms in total. The molecule has 0 fully saturated rings. The van der Waals surface area contributed by atoms with E-state index < -0.39 is 23.4 Å². The Morgan fingerprint density at radius 3 is 2.09 bits per heavy atom. The molecule has 0 N–H and O–H groups in total. The Kier molecular flexibility index (Phi) is 6.26. The summed E-state index contributed by atoms with van der Waals surface area (Å²) in [5.74, 6) is -2.82. The highest BCUT2D eigenvalue weighted by molar-refractivity contribution is 9.10. The SMILES string of the molecule is C[C@@]1([C@H](/C=C/c2ccc(Br)cc2)C(F)(F)F)C(=O)N(c2ccccc2)N=C1c1ccccc1. The predicted molar refractivity (Wildman–Crippen MR) is 128 cm³/mol.